The summed E-state index contributed by atoms with van der Waals surface area (Å²) in [6.45, 7) is 4.72. The Morgan fingerprint density at radius 2 is 2.04 bits per heavy atom. The van der Waals surface area contributed by atoms with Gasteiger partial charge in [0, 0.05) is 26.2 Å². The van der Waals surface area contributed by atoms with E-state index in [2.05, 4.69) is 32.5 Å². The summed E-state index contributed by atoms with van der Waals surface area (Å²) in [5, 5.41) is 6.39. The molecule has 0 radical (unpaired) electrons. The lowest BCUT2D eigenvalue weighted by Gasteiger charge is -2.22. The van der Waals surface area contributed by atoms with Crippen molar-refractivity contribution in [2.75, 3.05) is 38.5 Å². The van der Waals surface area contributed by atoms with Gasteiger partial charge in [-0.05, 0) is 38.2 Å². The van der Waals surface area contributed by atoms with Crippen molar-refractivity contribution in [3.05, 3.63) is 35.9 Å². The Balaban J connectivity index is 1.72. The molecule has 1 aromatic rings. The molecule has 1 aromatic carbocycles. The zero-order valence-electron chi connectivity index (χ0n) is 16.1. The molecule has 7 nitrogen and oxygen atoms in total. The summed E-state index contributed by atoms with van der Waals surface area (Å²) in [5.41, 5.74) is 1.25. The average Bonchev–Trinajstić information content (AvgIpc) is 2.68. The molecular weight excluding hydrogens is 364 g/mol. The van der Waals surface area contributed by atoms with Crippen molar-refractivity contribution >= 4 is 16.0 Å². The van der Waals surface area contributed by atoms with E-state index in [9.17, 15) is 8.42 Å². The maximum absolute atomic E-state index is 12.1. The van der Waals surface area contributed by atoms with E-state index >= 15 is 0 Å². The number of aliphatic imine (C=N–C) groups is 1. The van der Waals surface area contributed by atoms with E-state index in [1.54, 1.807) is 0 Å². The SMILES string of the molecule is CCNC(=NCCS(=O)(=O)NCC1CCCCO1)NCCc1ccccc1. The third-order valence-electron chi connectivity index (χ3n) is 4.33. The van der Waals surface area contributed by atoms with Crippen molar-refractivity contribution in [2.45, 2.75) is 38.7 Å². The molecule has 27 heavy (non-hydrogen) atoms. The lowest BCUT2D eigenvalue weighted by molar-refractivity contribution is 0.0200. The molecule has 8 heteroatoms. The first-order valence-corrected chi connectivity index (χ1v) is 11.4. The lowest BCUT2D eigenvalue weighted by atomic mass is 10.1. The largest absolute Gasteiger partial charge is 0.377 e. The zero-order valence-corrected chi connectivity index (χ0v) is 16.9. The molecule has 0 aliphatic carbocycles. The number of benzene rings is 1. The Labute approximate surface area is 163 Å². The molecule has 1 saturated heterocycles. The quantitative estimate of drug-likeness (QED) is 0.409. The third-order valence-corrected chi connectivity index (χ3v) is 5.65. The average molecular weight is 397 g/mol. The summed E-state index contributed by atoms with van der Waals surface area (Å²) in [7, 11) is -3.35. The first-order chi connectivity index (χ1) is 13.1. The minimum Gasteiger partial charge on any atom is -0.377 e. The predicted octanol–water partition coefficient (Wildman–Crippen LogP) is 1.27. The fourth-order valence-corrected chi connectivity index (χ4v) is 3.77. The molecule has 1 aliphatic rings. The van der Waals surface area contributed by atoms with Crippen molar-refractivity contribution in [3.8, 4) is 0 Å². The van der Waals surface area contributed by atoms with Gasteiger partial charge in [0.1, 0.15) is 0 Å². The maximum Gasteiger partial charge on any atom is 0.213 e. The number of nitrogens with one attached hydrogen (secondary N) is 3. The summed E-state index contributed by atoms with van der Waals surface area (Å²) in [6, 6.07) is 10.2. The molecule has 1 atom stereocenters. The van der Waals surface area contributed by atoms with Crippen LogP contribution in [0, 0.1) is 0 Å². The number of nitrogens with zero attached hydrogens (tertiary/aromatic N) is 1. The number of rotatable bonds is 10. The summed E-state index contributed by atoms with van der Waals surface area (Å²) in [5.74, 6) is 0.605. The number of hydrogen-bond donors (Lipinski definition) is 3. The molecule has 1 fully saturated rings. The van der Waals surface area contributed by atoms with Crippen molar-refractivity contribution in [1.29, 1.82) is 0 Å². The van der Waals surface area contributed by atoms with Crippen LogP contribution in [0.3, 0.4) is 0 Å². The number of sulfonamides is 1. The molecule has 3 N–H and O–H groups in total. The molecule has 0 bridgehead atoms. The normalized spacial score (nSPS) is 18.3. The molecule has 0 aromatic heterocycles. The number of hydrogen-bond acceptors (Lipinski definition) is 4. The Kier molecular flexibility index (Phi) is 9.58. The molecule has 0 amide bonds. The second-order valence-electron chi connectivity index (χ2n) is 6.58. The van der Waals surface area contributed by atoms with E-state index < -0.39 is 10.0 Å². The van der Waals surface area contributed by atoms with Crippen molar-refractivity contribution in [2.24, 2.45) is 4.99 Å². The van der Waals surface area contributed by atoms with Gasteiger partial charge in [-0.25, -0.2) is 13.1 Å². The summed E-state index contributed by atoms with van der Waals surface area (Å²) >= 11 is 0. The van der Waals surface area contributed by atoms with E-state index in [1.165, 1.54) is 5.56 Å². The van der Waals surface area contributed by atoms with Gasteiger partial charge in [0.2, 0.25) is 10.0 Å². The predicted molar refractivity (Wildman–Crippen MR) is 110 cm³/mol. The second kappa shape index (κ2) is 11.9. The van der Waals surface area contributed by atoms with Gasteiger partial charge in [-0.1, -0.05) is 30.3 Å². The van der Waals surface area contributed by atoms with Gasteiger partial charge in [0.15, 0.2) is 5.96 Å². The Hall–Kier alpha value is -1.64. The molecule has 152 valence electrons. The highest BCUT2D eigenvalue weighted by Crippen LogP contribution is 2.11. The standard InChI is InChI=1S/C19H32N4O3S/c1-2-20-19(21-12-11-17-8-4-3-5-9-17)22-13-15-27(24,25)23-16-18-10-6-7-14-26-18/h3-5,8-9,18,23H,2,6-7,10-16H2,1H3,(H2,20,21,22). The zero-order chi connectivity index (χ0) is 19.4. The van der Waals surface area contributed by atoms with E-state index in [0.29, 0.717) is 12.5 Å². The van der Waals surface area contributed by atoms with Crippen LogP contribution >= 0.6 is 0 Å². The third kappa shape index (κ3) is 9.21. The van der Waals surface area contributed by atoms with Crippen LogP contribution in [0.5, 0.6) is 0 Å². The van der Waals surface area contributed by atoms with Crippen molar-refractivity contribution in [3.63, 3.8) is 0 Å². The van der Waals surface area contributed by atoms with Crippen LogP contribution in [0.4, 0.5) is 0 Å². The van der Waals surface area contributed by atoms with Gasteiger partial charge in [-0.3, -0.25) is 4.99 Å². The second-order valence-corrected chi connectivity index (χ2v) is 8.51. The van der Waals surface area contributed by atoms with Crippen LogP contribution in [-0.2, 0) is 21.2 Å². The summed E-state index contributed by atoms with van der Waals surface area (Å²) in [4.78, 5) is 4.37. The van der Waals surface area contributed by atoms with Crippen LogP contribution in [0.1, 0.15) is 31.7 Å². The fraction of sp³-hybridized carbons (Fsp3) is 0.632. The van der Waals surface area contributed by atoms with Gasteiger partial charge in [-0.2, -0.15) is 0 Å². The Bertz CT molecular complexity index is 659. The molecule has 1 aliphatic heterocycles. The van der Waals surface area contributed by atoms with Gasteiger partial charge in [-0.15, -0.1) is 0 Å². The molecular formula is C19H32N4O3S. The minimum absolute atomic E-state index is 0.00556. The van der Waals surface area contributed by atoms with Crippen molar-refractivity contribution < 1.29 is 13.2 Å². The summed E-state index contributed by atoms with van der Waals surface area (Å²) in [6.07, 6.45) is 3.94. The summed E-state index contributed by atoms with van der Waals surface area (Å²) < 4.78 is 32.5. The highest BCUT2D eigenvalue weighted by molar-refractivity contribution is 7.89. The van der Waals surface area contributed by atoms with E-state index in [-0.39, 0.29) is 18.4 Å². The van der Waals surface area contributed by atoms with E-state index in [0.717, 1.165) is 45.4 Å². The highest BCUT2D eigenvalue weighted by Gasteiger charge is 2.17. The number of ether oxygens (including phenoxy) is 1. The monoisotopic (exact) mass is 396 g/mol. The lowest BCUT2D eigenvalue weighted by Crippen LogP contribution is -2.39. The maximum atomic E-state index is 12.1. The van der Waals surface area contributed by atoms with E-state index in [1.807, 2.05) is 25.1 Å². The van der Waals surface area contributed by atoms with Crippen molar-refractivity contribution in [1.82, 2.24) is 15.4 Å². The van der Waals surface area contributed by atoms with Crippen LogP contribution in [0.15, 0.2) is 35.3 Å². The fourth-order valence-electron chi connectivity index (χ4n) is 2.85. The van der Waals surface area contributed by atoms with Crippen LogP contribution in [0.25, 0.3) is 0 Å². The van der Waals surface area contributed by atoms with Gasteiger partial charge in [0.25, 0.3) is 0 Å². The van der Waals surface area contributed by atoms with E-state index in [4.69, 9.17) is 4.74 Å². The first-order valence-electron chi connectivity index (χ1n) is 9.74. The topological polar surface area (TPSA) is 91.8 Å². The highest BCUT2D eigenvalue weighted by atomic mass is 32.2. The molecule has 0 saturated carbocycles. The van der Waals surface area contributed by atoms with Crippen LogP contribution in [-0.4, -0.2) is 59.0 Å². The first kappa shape index (κ1) is 21.7. The van der Waals surface area contributed by atoms with Crippen LogP contribution in [0.2, 0.25) is 0 Å². The van der Waals surface area contributed by atoms with Gasteiger partial charge < -0.3 is 15.4 Å². The Morgan fingerprint density at radius 3 is 2.74 bits per heavy atom. The van der Waals surface area contributed by atoms with Gasteiger partial charge in [0.05, 0.1) is 18.4 Å². The van der Waals surface area contributed by atoms with Gasteiger partial charge >= 0.3 is 0 Å². The molecule has 1 heterocycles. The Morgan fingerprint density at radius 1 is 1.22 bits per heavy atom. The molecule has 1 unspecified atom stereocenters. The smallest absolute Gasteiger partial charge is 0.213 e. The molecule has 2 rings (SSSR count). The van der Waals surface area contributed by atoms with Crippen LogP contribution < -0.4 is 15.4 Å². The number of guanidine groups is 1. The molecule has 0 spiro atoms. The minimum atomic E-state index is -3.35.